The number of aliphatic hydroxyl groups excluding tert-OH is 1. The van der Waals surface area contributed by atoms with Crippen molar-refractivity contribution >= 4 is 17.5 Å². The van der Waals surface area contributed by atoms with E-state index in [1.54, 1.807) is 12.1 Å². The van der Waals surface area contributed by atoms with Gasteiger partial charge in [0.1, 0.15) is 0 Å². The molecule has 1 N–H and O–H groups in total. The summed E-state index contributed by atoms with van der Waals surface area (Å²) in [5.41, 5.74) is 0.564. The highest BCUT2D eigenvalue weighted by atomic mass is 35.5. The number of likely N-dealkylation sites (tertiary alicyclic amines) is 1. The number of hydrogen-bond donors (Lipinski definition) is 1. The highest BCUT2D eigenvalue weighted by Crippen LogP contribution is 2.20. The Morgan fingerprint density at radius 1 is 1.35 bits per heavy atom. The van der Waals surface area contributed by atoms with E-state index in [0.29, 0.717) is 36.7 Å². The molecular formula is C15H20ClNO3. The van der Waals surface area contributed by atoms with E-state index in [2.05, 4.69) is 0 Å². The molecule has 0 bridgehead atoms. The lowest BCUT2D eigenvalue weighted by atomic mass is 10.1. The lowest BCUT2D eigenvalue weighted by Gasteiger charge is -2.32. The van der Waals surface area contributed by atoms with Crippen LogP contribution < -0.4 is 0 Å². The lowest BCUT2D eigenvalue weighted by molar-refractivity contribution is 0.00398. The fourth-order valence-electron chi connectivity index (χ4n) is 2.35. The molecule has 1 aliphatic rings. The van der Waals surface area contributed by atoms with Gasteiger partial charge in [-0.2, -0.15) is 0 Å². The number of benzene rings is 1. The fraction of sp³-hybridized carbons (Fsp3) is 0.533. The van der Waals surface area contributed by atoms with Crippen LogP contribution >= 0.6 is 11.6 Å². The first-order chi connectivity index (χ1) is 9.72. The Balaban J connectivity index is 1.85. The molecule has 1 heterocycles. The number of carbonyl (C=O) groups excluding carboxylic acids is 1. The molecule has 4 nitrogen and oxygen atoms in total. The third kappa shape index (κ3) is 3.95. The summed E-state index contributed by atoms with van der Waals surface area (Å²) in [6.45, 7) is 2.12. The topological polar surface area (TPSA) is 49.8 Å². The molecule has 0 unspecified atom stereocenters. The third-order valence-electron chi connectivity index (χ3n) is 3.49. The van der Waals surface area contributed by atoms with E-state index >= 15 is 0 Å². The molecule has 0 radical (unpaired) electrons. The molecule has 0 aromatic heterocycles. The maximum atomic E-state index is 12.4. The number of aliphatic hydroxyl groups is 1. The number of rotatable bonds is 5. The molecule has 1 aromatic carbocycles. The molecule has 1 aromatic rings. The first-order valence-corrected chi connectivity index (χ1v) is 7.36. The van der Waals surface area contributed by atoms with Crippen molar-refractivity contribution in [2.75, 3.05) is 26.3 Å². The van der Waals surface area contributed by atoms with Crippen LogP contribution in [0.4, 0.5) is 0 Å². The molecule has 0 atom stereocenters. The van der Waals surface area contributed by atoms with Gasteiger partial charge >= 0.3 is 0 Å². The minimum Gasteiger partial charge on any atom is -0.396 e. The zero-order chi connectivity index (χ0) is 14.4. The van der Waals surface area contributed by atoms with Crippen LogP contribution in [-0.4, -0.2) is 48.3 Å². The summed E-state index contributed by atoms with van der Waals surface area (Å²) >= 11 is 6.06. The van der Waals surface area contributed by atoms with E-state index < -0.39 is 0 Å². The van der Waals surface area contributed by atoms with Gasteiger partial charge in [0, 0.05) is 26.3 Å². The first kappa shape index (κ1) is 15.3. The maximum Gasteiger partial charge on any atom is 0.255 e. The van der Waals surface area contributed by atoms with Gasteiger partial charge in [-0.15, -0.1) is 0 Å². The summed E-state index contributed by atoms with van der Waals surface area (Å²) in [6, 6.07) is 7.14. The van der Waals surface area contributed by atoms with Crippen LogP contribution in [0.5, 0.6) is 0 Å². The van der Waals surface area contributed by atoms with E-state index in [-0.39, 0.29) is 18.6 Å². The lowest BCUT2D eigenvalue weighted by Crippen LogP contribution is -2.41. The van der Waals surface area contributed by atoms with Crippen LogP contribution in [0.3, 0.4) is 0 Å². The number of ether oxygens (including phenoxy) is 1. The number of carbonyl (C=O) groups is 1. The van der Waals surface area contributed by atoms with Crippen molar-refractivity contribution < 1.29 is 14.6 Å². The first-order valence-electron chi connectivity index (χ1n) is 6.98. The number of nitrogens with zero attached hydrogens (tertiary/aromatic N) is 1. The second-order valence-electron chi connectivity index (χ2n) is 4.92. The maximum absolute atomic E-state index is 12.4. The van der Waals surface area contributed by atoms with Crippen LogP contribution in [-0.2, 0) is 4.74 Å². The van der Waals surface area contributed by atoms with Crippen LogP contribution in [0.2, 0.25) is 5.02 Å². The Morgan fingerprint density at radius 2 is 2.05 bits per heavy atom. The zero-order valence-electron chi connectivity index (χ0n) is 11.4. The summed E-state index contributed by atoms with van der Waals surface area (Å²) < 4.78 is 5.66. The third-order valence-corrected chi connectivity index (χ3v) is 3.82. The highest BCUT2D eigenvalue weighted by molar-refractivity contribution is 6.33. The van der Waals surface area contributed by atoms with E-state index in [4.69, 9.17) is 21.4 Å². The van der Waals surface area contributed by atoms with Crippen molar-refractivity contribution in [2.24, 2.45) is 0 Å². The Bertz CT molecular complexity index is 444. The monoisotopic (exact) mass is 297 g/mol. The molecule has 2 rings (SSSR count). The van der Waals surface area contributed by atoms with Crippen LogP contribution in [0.15, 0.2) is 24.3 Å². The Labute approximate surface area is 124 Å². The van der Waals surface area contributed by atoms with Crippen LogP contribution in [0, 0.1) is 0 Å². The van der Waals surface area contributed by atoms with E-state index in [1.165, 1.54) is 0 Å². The Kier molecular flexibility index (Phi) is 5.83. The summed E-state index contributed by atoms with van der Waals surface area (Å²) in [5, 5.41) is 9.22. The van der Waals surface area contributed by atoms with Gasteiger partial charge < -0.3 is 14.7 Å². The van der Waals surface area contributed by atoms with Gasteiger partial charge in [0.25, 0.3) is 5.91 Å². The molecule has 0 aliphatic carbocycles. The smallest absolute Gasteiger partial charge is 0.255 e. The normalized spacial score (nSPS) is 16.4. The molecular weight excluding hydrogens is 278 g/mol. The minimum atomic E-state index is -0.00981. The van der Waals surface area contributed by atoms with Crippen molar-refractivity contribution in [3.05, 3.63) is 34.9 Å². The van der Waals surface area contributed by atoms with Gasteiger partial charge in [-0.25, -0.2) is 0 Å². The Morgan fingerprint density at radius 3 is 2.70 bits per heavy atom. The van der Waals surface area contributed by atoms with Crippen molar-refractivity contribution in [1.29, 1.82) is 0 Å². The summed E-state index contributed by atoms with van der Waals surface area (Å²) in [6.07, 6.45) is 2.53. The molecule has 1 fully saturated rings. The second kappa shape index (κ2) is 7.62. The van der Waals surface area contributed by atoms with Gasteiger partial charge in [0.05, 0.1) is 16.7 Å². The summed E-state index contributed by atoms with van der Waals surface area (Å²) in [7, 11) is 0. The summed E-state index contributed by atoms with van der Waals surface area (Å²) in [5.74, 6) is -0.00981. The molecule has 5 heteroatoms. The van der Waals surface area contributed by atoms with E-state index in [9.17, 15) is 4.79 Å². The quantitative estimate of drug-likeness (QED) is 0.849. The van der Waals surface area contributed by atoms with Crippen LogP contribution in [0.1, 0.15) is 29.6 Å². The van der Waals surface area contributed by atoms with Crippen molar-refractivity contribution in [3.8, 4) is 0 Å². The standard InChI is InChI=1S/C15H20ClNO3/c16-14-5-2-1-4-13(14)15(19)17-8-6-12(7-9-17)20-11-3-10-18/h1-2,4-5,12,18H,3,6-11H2. The number of amides is 1. The SMILES string of the molecule is O=C(c1ccccc1Cl)N1CCC(OCCCO)CC1. The van der Waals surface area contributed by atoms with Crippen LogP contribution in [0.25, 0.3) is 0 Å². The average molecular weight is 298 g/mol. The van der Waals surface area contributed by atoms with Crippen molar-refractivity contribution in [3.63, 3.8) is 0 Å². The minimum absolute atomic E-state index is 0.00981. The molecule has 0 saturated carbocycles. The van der Waals surface area contributed by atoms with Crippen molar-refractivity contribution in [1.82, 2.24) is 4.90 Å². The predicted molar refractivity (Wildman–Crippen MR) is 78.0 cm³/mol. The molecule has 1 amide bonds. The molecule has 110 valence electrons. The van der Waals surface area contributed by atoms with E-state index in [0.717, 1.165) is 12.8 Å². The van der Waals surface area contributed by atoms with Gasteiger partial charge in [-0.3, -0.25) is 4.79 Å². The Hall–Kier alpha value is -1.10. The van der Waals surface area contributed by atoms with Crippen molar-refractivity contribution in [2.45, 2.75) is 25.4 Å². The largest absolute Gasteiger partial charge is 0.396 e. The van der Waals surface area contributed by atoms with E-state index in [1.807, 2.05) is 17.0 Å². The fourth-order valence-corrected chi connectivity index (χ4v) is 2.56. The molecule has 1 saturated heterocycles. The number of hydrogen-bond acceptors (Lipinski definition) is 3. The highest BCUT2D eigenvalue weighted by Gasteiger charge is 2.24. The number of halogens is 1. The molecule has 0 spiro atoms. The van der Waals surface area contributed by atoms with Gasteiger partial charge in [-0.05, 0) is 31.4 Å². The molecule has 20 heavy (non-hydrogen) atoms. The van der Waals surface area contributed by atoms with Gasteiger partial charge in [-0.1, -0.05) is 23.7 Å². The molecule has 1 aliphatic heterocycles. The zero-order valence-corrected chi connectivity index (χ0v) is 12.2. The van der Waals surface area contributed by atoms with Gasteiger partial charge in [0.2, 0.25) is 0 Å². The predicted octanol–water partition coefficient (Wildman–Crippen LogP) is 2.34. The average Bonchev–Trinajstić information content (AvgIpc) is 2.48. The number of piperidine rings is 1. The second-order valence-corrected chi connectivity index (χ2v) is 5.33. The van der Waals surface area contributed by atoms with Gasteiger partial charge in [0.15, 0.2) is 0 Å². The summed E-state index contributed by atoms with van der Waals surface area (Å²) in [4.78, 5) is 14.2.